The number of nitrogens with one attached hydrogen (secondary N) is 1. The van der Waals surface area contributed by atoms with E-state index in [1.807, 2.05) is 7.05 Å². The summed E-state index contributed by atoms with van der Waals surface area (Å²) in [5.74, 6) is 1.28. The molecule has 19 heavy (non-hydrogen) atoms. The molecule has 0 spiro atoms. The Labute approximate surface area is 115 Å². The molecule has 0 aliphatic heterocycles. The molecule has 1 atom stereocenters. The minimum Gasteiger partial charge on any atom is -0.313 e. The summed E-state index contributed by atoms with van der Waals surface area (Å²) in [5.41, 5.74) is 0.987. The Balaban J connectivity index is 1.99. The van der Waals surface area contributed by atoms with Gasteiger partial charge in [0.05, 0.1) is 6.20 Å². The van der Waals surface area contributed by atoms with Gasteiger partial charge in [0.2, 0.25) is 0 Å². The summed E-state index contributed by atoms with van der Waals surface area (Å²) in [7, 11) is 1.97. The monoisotopic (exact) mass is 264 g/mol. The first-order valence-electron chi connectivity index (χ1n) is 7.52. The van der Waals surface area contributed by atoms with Crippen molar-refractivity contribution in [3.05, 3.63) is 29.8 Å². The lowest BCUT2D eigenvalue weighted by atomic mass is 9.76. The number of rotatable bonds is 5. The molecule has 0 amide bonds. The van der Waals surface area contributed by atoms with Gasteiger partial charge >= 0.3 is 0 Å². The second kappa shape index (κ2) is 6.99. The first-order chi connectivity index (χ1) is 9.24. The molecule has 1 N–H and O–H groups in total. The van der Waals surface area contributed by atoms with Crippen LogP contribution in [0.3, 0.4) is 0 Å². The summed E-state index contributed by atoms with van der Waals surface area (Å²) in [6, 6.07) is 1.86. The molecule has 1 heterocycles. The van der Waals surface area contributed by atoms with Crippen molar-refractivity contribution in [2.24, 2.45) is 11.8 Å². The normalized spacial score (nSPS) is 25.2. The van der Waals surface area contributed by atoms with Crippen LogP contribution in [0.15, 0.2) is 18.5 Å². The van der Waals surface area contributed by atoms with Crippen molar-refractivity contribution in [1.29, 1.82) is 0 Å². The van der Waals surface area contributed by atoms with E-state index in [0.29, 0.717) is 5.92 Å². The lowest BCUT2D eigenvalue weighted by Crippen LogP contribution is -2.29. The fourth-order valence-corrected chi connectivity index (χ4v) is 3.49. The quantitative estimate of drug-likeness (QED) is 0.866. The summed E-state index contributed by atoms with van der Waals surface area (Å²) >= 11 is 0. The highest BCUT2D eigenvalue weighted by Crippen LogP contribution is 2.38. The van der Waals surface area contributed by atoms with Gasteiger partial charge in [-0.3, -0.25) is 4.98 Å². The molecule has 2 nitrogen and oxygen atoms in total. The molecule has 0 bridgehead atoms. The summed E-state index contributed by atoms with van der Waals surface area (Å²) in [6.07, 6.45) is 10.8. The molecule has 2 rings (SSSR count). The molecule has 1 saturated carbocycles. The van der Waals surface area contributed by atoms with E-state index in [4.69, 9.17) is 0 Å². The number of hydrogen-bond acceptors (Lipinski definition) is 2. The number of hydrogen-bond donors (Lipinski definition) is 1. The predicted octanol–water partition coefficient (Wildman–Crippen LogP) is 4.09. The van der Waals surface area contributed by atoms with Crippen molar-refractivity contribution >= 4 is 0 Å². The Kier molecular flexibility index (Phi) is 5.32. The largest absolute Gasteiger partial charge is 0.313 e. The van der Waals surface area contributed by atoms with E-state index < -0.39 is 0 Å². The summed E-state index contributed by atoms with van der Waals surface area (Å²) in [4.78, 5) is 3.98. The summed E-state index contributed by atoms with van der Waals surface area (Å²) < 4.78 is 13.3. The molecule has 0 radical (unpaired) electrons. The van der Waals surface area contributed by atoms with Crippen LogP contribution in [0.4, 0.5) is 4.39 Å². The van der Waals surface area contributed by atoms with Crippen molar-refractivity contribution in [2.45, 2.75) is 51.5 Å². The van der Waals surface area contributed by atoms with Crippen molar-refractivity contribution < 1.29 is 4.39 Å². The third kappa shape index (κ3) is 3.75. The van der Waals surface area contributed by atoms with Crippen LogP contribution in [-0.2, 0) is 0 Å². The van der Waals surface area contributed by atoms with Gasteiger partial charge < -0.3 is 5.32 Å². The van der Waals surface area contributed by atoms with E-state index in [1.165, 1.54) is 44.7 Å². The standard InChI is InChI=1S/C16H25FN2/c1-3-4-12-5-7-13(8-6-12)16(18-2)14-9-15(17)11-19-10-14/h9-13,16,18H,3-8H2,1-2H3. The molecule has 1 aromatic rings. The van der Waals surface area contributed by atoms with Gasteiger partial charge in [-0.2, -0.15) is 0 Å². The second-order valence-electron chi connectivity index (χ2n) is 5.77. The van der Waals surface area contributed by atoms with Crippen molar-refractivity contribution in [1.82, 2.24) is 10.3 Å². The number of halogens is 1. The fourth-order valence-electron chi connectivity index (χ4n) is 3.49. The SMILES string of the molecule is CCCC1CCC(C(NC)c2cncc(F)c2)CC1. The first kappa shape index (κ1) is 14.4. The van der Waals surface area contributed by atoms with Gasteiger partial charge in [-0.15, -0.1) is 0 Å². The molecule has 0 aromatic carbocycles. The molecular formula is C16H25FN2. The van der Waals surface area contributed by atoms with Crippen molar-refractivity contribution in [2.75, 3.05) is 7.05 Å². The van der Waals surface area contributed by atoms with Crippen molar-refractivity contribution in [3.63, 3.8) is 0 Å². The molecule has 0 saturated heterocycles. The zero-order valence-electron chi connectivity index (χ0n) is 12.0. The zero-order chi connectivity index (χ0) is 13.7. The zero-order valence-corrected chi connectivity index (χ0v) is 12.0. The second-order valence-corrected chi connectivity index (χ2v) is 5.77. The predicted molar refractivity (Wildman–Crippen MR) is 76.4 cm³/mol. The highest BCUT2D eigenvalue weighted by molar-refractivity contribution is 5.16. The Morgan fingerprint density at radius 1 is 1.32 bits per heavy atom. The van der Waals surface area contributed by atoms with Crippen molar-refractivity contribution in [3.8, 4) is 0 Å². The van der Waals surface area contributed by atoms with E-state index >= 15 is 0 Å². The smallest absolute Gasteiger partial charge is 0.141 e. The van der Waals surface area contributed by atoms with Gasteiger partial charge in [0.15, 0.2) is 0 Å². The van der Waals surface area contributed by atoms with Crippen LogP contribution >= 0.6 is 0 Å². The highest BCUT2D eigenvalue weighted by Gasteiger charge is 2.27. The van der Waals surface area contributed by atoms with Gasteiger partial charge in [-0.25, -0.2) is 4.39 Å². The molecule has 1 aromatic heterocycles. The maximum atomic E-state index is 13.3. The van der Waals surface area contributed by atoms with Crippen LogP contribution in [0.1, 0.15) is 57.1 Å². The lowest BCUT2D eigenvalue weighted by Gasteiger charge is -2.34. The van der Waals surface area contributed by atoms with Crippen LogP contribution in [0.2, 0.25) is 0 Å². The van der Waals surface area contributed by atoms with E-state index in [0.717, 1.165) is 11.5 Å². The first-order valence-corrected chi connectivity index (χ1v) is 7.52. The lowest BCUT2D eigenvalue weighted by molar-refractivity contribution is 0.219. The molecule has 1 aliphatic carbocycles. The Hall–Kier alpha value is -0.960. The van der Waals surface area contributed by atoms with Gasteiger partial charge in [-0.05, 0) is 43.4 Å². The number of pyridine rings is 1. The third-order valence-electron chi connectivity index (χ3n) is 4.46. The molecular weight excluding hydrogens is 239 g/mol. The van der Waals surface area contributed by atoms with Gasteiger partial charge in [0.1, 0.15) is 5.82 Å². The molecule has 1 aliphatic rings. The van der Waals surface area contributed by atoms with Crippen LogP contribution in [0.5, 0.6) is 0 Å². The molecule has 1 fully saturated rings. The number of aromatic nitrogens is 1. The van der Waals surface area contributed by atoms with E-state index in [9.17, 15) is 4.39 Å². The van der Waals surface area contributed by atoms with Gasteiger partial charge in [0.25, 0.3) is 0 Å². The minimum atomic E-state index is -0.239. The fraction of sp³-hybridized carbons (Fsp3) is 0.688. The average Bonchev–Trinajstić information content (AvgIpc) is 2.42. The van der Waals surface area contributed by atoms with Crippen LogP contribution in [-0.4, -0.2) is 12.0 Å². The minimum absolute atomic E-state index is 0.239. The van der Waals surface area contributed by atoms with E-state index in [2.05, 4.69) is 17.2 Å². The molecule has 1 unspecified atom stereocenters. The number of nitrogens with zero attached hydrogens (tertiary/aromatic N) is 1. The summed E-state index contributed by atoms with van der Waals surface area (Å²) in [5, 5.41) is 3.36. The van der Waals surface area contributed by atoms with Crippen LogP contribution in [0, 0.1) is 17.7 Å². The Morgan fingerprint density at radius 2 is 2.05 bits per heavy atom. The highest BCUT2D eigenvalue weighted by atomic mass is 19.1. The topological polar surface area (TPSA) is 24.9 Å². The maximum absolute atomic E-state index is 13.3. The van der Waals surface area contributed by atoms with Crippen LogP contribution in [0.25, 0.3) is 0 Å². The summed E-state index contributed by atoms with van der Waals surface area (Å²) in [6.45, 7) is 2.26. The average molecular weight is 264 g/mol. The van der Waals surface area contributed by atoms with Gasteiger partial charge in [0, 0.05) is 12.2 Å². The van der Waals surface area contributed by atoms with Gasteiger partial charge in [-0.1, -0.05) is 32.6 Å². The van der Waals surface area contributed by atoms with E-state index in [-0.39, 0.29) is 11.9 Å². The maximum Gasteiger partial charge on any atom is 0.141 e. The Bertz CT molecular complexity index is 386. The molecule has 3 heteroatoms. The Morgan fingerprint density at radius 3 is 2.63 bits per heavy atom. The van der Waals surface area contributed by atoms with E-state index in [1.54, 1.807) is 12.3 Å². The third-order valence-corrected chi connectivity index (χ3v) is 4.46. The van der Waals surface area contributed by atoms with Crippen LogP contribution < -0.4 is 5.32 Å². The molecule has 106 valence electrons.